The summed E-state index contributed by atoms with van der Waals surface area (Å²) in [5.74, 6) is 0.542. The Morgan fingerprint density at radius 3 is 2.38 bits per heavy atom. The summed E-state index contributed by atoms with van der Waals surface area (Å²) in [4.78, 5) is 11.6. The lowest BCUT2D eigenvalue weighted by atomic mass is 9.73. The summed E-state index contributed by atoms with van der Waals surface area (Å²) in [5, 5.41) is 10.5. The highest BCUT2D eigenvalue weighted by Crippen LogP contribution is 2.37. The zero-order chi connectivity index (χ0) is 15.9. The van der Waals surface area contributed by atoms with Gasteiger partial charge < -0.3 is 10.6 Å². The smallest absolute Gasteiger partial charge is 0.314 e. The number of hydrogen-bond acceptors (Lipinski definition) is 3. The Bertz CT molecular complexity index is 425. The fraction of sp³-hybridized carbons (Fsp3) is 0.929. The first-order valence-corrected chi connectivity index (χ1v) is 9.42. The highest BCUT2D eigenvalue weighted by molar-refractivity contribution is 7.89. The third-order valence-corrected chi connectivity index (χ3v) is 5.01. The standard InChI is InChI=1S/C14H29N3O3S/c1-14(2)7-5-12(6-8-14)11-17-13(18)16-9-3-4-10-21(15,19)20/h12H,3-11H2,1-2H3,(H2,15,19,20)(H2,16,17,18). The van der Waals surface area contributed by atoms with E-state index in [-0.39, 0.29) is 11.8 Å². The van der Waals surface area contributed by atoms with Crippen molar-refractivity contribution < 1.29 is 13.2 Å². The number of hydrogen-bond donors (Lipinski definition) is 3. The van der Waals surface area contributed by atoms with Gasteiger partial charge in [0.2, 0.25) is 10.0 Å². The van der Waals surface area contributed by atoms with Crippen LogP contribution in [0.25, 0.3) is 0 Å². The van der Waals surface area contributed by atoms with Crippen LogP contribution in [0.1, 0.15) is 52.4 Å². The van der Waals surface area contributed by atoms with Crippen molar-refractivity contribution in [3.05, 3.63) is 0 Å². The fourth-order valence-electron chi connectivity index (χ4n) is 2.59. The summed E-state index contributed by atoms with van der Waals surface area (Å²) in [6.07, 6.45) is 5.85. The summed E-state index contributed by atoms with van der Waals surface area (Å²) >= 11 is 0. The molecule has 1 aliphatic rings. The molecule has 4 N–H and O–H groups in total. The van der Waals surface area contributed by atoms with Crippen molar-refractivity contribution in [3.63, 3.8) is 0 Å². The van der Waals surface area contributed by atoms with Crippen molar-refractivity contribution >= 4 is 16.1 Å². The number of amides is 2. The average Bonchev–Trinajstić information content (AvgIpc) is 2.35. The average molecular weight is 319 g/mol. The van der Waals surface area contributed by atoms with Crippen LogP contribution in [0.5, 0.6) is 0 Å². The third kappa shape index (κ3) is 8.93. The summed E-state index contributed by atoms with van der Waals surface area (Å²) in [6, 6.07) is -0.171. The largest absolute Gasteiger partial charge is 0.338 e. The Hall–Kier alpha value is -0.820. The molecule has 124 valence electrons. The second-order valence-corrected chi connectivity index (χ2v) is 8.55. The van der Waals surface area contributed by atoms with E-state index >= 15 is 0 Å². The number of nitrogens with one attached hydrogen (secondary N) is 2. The van der Waals surface area contributed by atoms with Crippen LogP contribution >= 0.6 is 0 Å². The molecule has 1 rings (SSSR count). The van der Waals surface area contributed by atoms with Gasteiger partial charge in [0.15, 0.2) is 0 Å². The van der Waals surface area contributed by atoms with Crippen molar-refractivity contribution in [1.82, 2.24) is 10.6 Å². The Morgan fingerprint density at radius 1 is 1.19 bits per heavy atom. The molecule has 21 heavy (non-hydrogen) atoms. The van der Waals surface area contributed by atoms with Crippen LogP contribution in [0.15, 0.2) is 0 Å². The molecule has 0 aliphatic heterocycles. The van der Waals surface area contributed by atoms with Crippen LogP contribution in [-0.2, 0) is 10.0 Å². The minimum Gasteiger partial charge on any atom is -0.338 e. The lowest BCUT2D eigenvalue weighted by Gasteiger charge is -2.34. The summed E-state index contributed by atoms with van der Waals surface area (Å²) in [6.45, 7) is 5.79. The Labute approximate surface area is 128 Å². The van der Waals surface area contributed by atoms with Gasteiger partial charge in [0.25, 0.3) is 0 Å². The molecule has 0 unspecified atom stereocenters. The molecule has 0 heterocycles. The quantitative estimate of drug-likeness (QED) is 0.621. The highest BCUT2D eigenvalue weighted by Gasteiger charge is 2.26. The van der Waals surface area contributed by atoms with E-state index in [2.05, 4.69) is 24.5 Å². The molecule has 0 saturated heterocycles. The van der Waals surface area contributed by atoms with Crippen molar-refractivity contribution in [3.8, 4) is 0 Å². The minimum atomic E-state index is -3.39. The molecule has 0 spiro atoms. The second-order valence-electron chi connectivity index (χ2n) is 6.82. The van der Waals surface area contributed by atoms with Gasteiger partial charge >= 0.3 is 6.03 Å². The van der Waals surface area contributed by atoms with E-state index in [1.54, 1.807) is 0 Å². The minimum absolute atomic E-state index is 0.0336. The predicted molar refractivity (Wildman–Crippen MR) is 84.3 cm³/mol. The molecular weight excluding hydrogens is 290 g/mol. The van der Waals surface area contributed by atoms with Gasteiger partial charge in [0, 0.05) is 13.1 Å². The Balaban J connectivity index is 2.04. The molecule has 1 fully saturated rings. The molecular formula is C14H29N3O3S. The van der Waals surface area contributed by atoms with Crippen LogP contribution in [-0.4, -0.2) is 33.3 Å². The number of urea groups is 1. The molecule has 2 amide bonds. The highest BCUT2D eigenvalue weighted by atomic mass is 32.2. The van der Waals surface area contributed by atoms with E-state index in [0.29, 0.717) is 30.7 Å². The van der Waals surface area contributed by atoms with E-state index in [1.165, 1.54) is 25.7 Å². The second kappa shape index (κ2) is 7.98. The van der Waals surface area contributed by atoms with Crippen LogP contribution in [0.3, 0.4) is 0 Å². The van der Waals surface area contributed by atoms with Crippen LogP contribution < -0.4 is 15.8 Å². The van der Waals surface area contributed by atoms with Gasteiger partial charge in [-0.05, 0) is 49.9 Å². The lowest BCUT2D eigenvalue weighted by Crippen LogP contribution is -2.39. The van der Waals surface area contributed by atoms with Crippen LogP contribution in [0, 0.1) is 11.3 Å². The predicted octanol–water partition coefficient (Wildman–Crippen LogP) is 1.57. The first-order chi connectivity index (χ1) is 9.68. The maximum atomic E-state index is 11.6. The molecule has 7 heteroatoms. The normalized spacial score (nSPS) is 19.2. The molecule has 0 bridgehead atoms. The number of nitrogens with two attached hydrogens (primary N) is 1. The maximum Gasteiger partial charge on any atom is 0.314 e. The van der Waals surface area contributed by atoms with Gasteiger partial charge in [-0.25, -0.2) is 18.4 Å². The van der Waals surface area contributed by atoms with E-state index in [1.807, 2.05) is 0 Å². The number of rotatable bonds is 7. The Morgan fingerprint density at radius 2 is 1.81 bits per heavy atom. The molecule has 6 nitrogen and oxygen atoms in total. The molecule has 0 aromatic rings. The zero-order valence-corrected chi connectivity index (χ0v) is 14.0. The third-order valence-electron chi connectivity index (χ3n) is 4.15. The van der Waals surface area contributed by atoms with Crippen molar-refractivity contribution in [2.75, 3.05) is 18.8 Å². The lowest BCUT2D eigenvalue weighted by molar-refractivity contribution is 0.187. The summed E-state index contributed by atoms with van der Waals surface area (Å²) < 4.78 is 21.5. The van der Waals surface area contributed by atoms with E-state index in [9.17, 15) is 13.2 Å². The molecule has 1 aliphatic carbocycles. The summed E-state index contributed by atoms with van der Waals surface area (Å²) in [7, 11) is -3.39. The zero-order valence-electron chi connectivity index (χ0n) is 13.2. The van der Waals surface area contributed by atoms with Crippen LogP contribution in [0.2, 0.25) is 0 Å². The maximum absolute atomic E-state index is 11.6. The van der Waals surface area contributed by atoms with Gasteiger partial charge in [-0.15, -0.1) is 0 Å². The molecule has 0 aromatic heterocycles. The van der Waals surface area contributed by atoms with E-state index < -0.39 is 10.0 Å². The van der Waals surface area contributed by atoms with Gasteiger partial charge in [-0.1, -0.05) is 13.8 Å². The first kappa shape index (κ1) is 18.2. The summed E-state index contributed by atoms with van der Waals surface area (Å²) in [5.41, 5.74) is 0.447. The van der Waals surface area contributed by atoms with E-state index in [0.717, 1.165) is 6.54 Å². The first-order valence-electron chi connectivity index (χ1n) is 7.70. The van der Waals surface area contributed by atoms with E-state index in [4.69, 9.17) is 5.14 Å². The van der Waals surface area contributed by atoms with Crippen LogP contribution in [0.4, 0.5) is 4.79 Å². The topological polar surface area (TPSA) is 101 Å². The number of carbonyl (C=O) groups excluding carboxylic acids is 1. The Kier molecular flexibility index (Phi) is 6.93. The number of unbranched alkanes of at least 4 members (excludes halogenated alkanes) is 1. The van der Waals surface area contributed by atoms with Gasteiger partial charge in [-0.2, -0.15) is 0 Å². The van der Waals surface area contributed by atoms with Crippen molar-refractivity contribution in [2.45, 2.75) is 52.4 Å². The number of carbonyl (C=O) groups is 1. The molecule has 0 atom stereocenters. The molecule has 1 saturated carbocycles. The number of primary sulfonamides is 1. The van der Waals surface area contributed by atoms with Crippen molar-refractivity contribution in [2.24, 2.45) is 16.5 Å². The SMILES string of the molecule is CC1(C)CCC(CNC(=O)NCCCCS(N)(=O)=O)CC1. The van der Waals surface area contributed by atoms with Gasteiger partial charge in [-0.3, -0.25) is 0 Å². The molecule has 0 radical (unpaired) electrons. The molecule has 0 aromatic carbocycles. The fourth-order valence-corrected chi connectivity index (χ4v) is 3.20. The number of sulfonamides is 1. The van der Waals surface area contributed by atoms with Crippen molar-refractivity contribution in [1.29, 1.82) is 0 Å². The van der Waals surface area contributed by atoms with Gasteiger partial charge in [0.05, 0.1) is 5.75 Å². The van der Waals surface area contributed by atoms with Gasteiger partial charge in [0.1, 0.15) is 0 Å². The monoisotopic (exact) mass is 319 g/mol.